The second kappa shape index (κ2) is 12.4. The zero-order valence-electron chi connectivity index (χ0n) is 13.2. The molecule has 0 radical (unpaired) electrons. The van der Waals surface area contributed by atoms with E-state index in [1.54, 1.807) is 12.1 Å². The summed E-state index contributed by atoms with van der Waals surface area (Å²) >= 11 is 0. The molecule has 0 aromatic heterocycles. The van der Waals surface area contributed by atoms with Crippen LogP contribution >= 0.6 is 0 Å². The number of unbranched alkanes of at least 4 members (excludes halogenated alkanes) is 2. The lowest BCUT2D eigenvalue weighted by Gasteiger charge is -2.06. The summed E-state index contributed by atoms with van der Waals surface area (Å²) in [5, 5.41) is 8.75. The zero-order valence-corrected chi connectivity index (χ0v) is 13.2. The molecule has 1 aromatic rings. The van der Waals surface area contributed by atoms with Gasteiger partial charge in [0.1, 0.15) is 5.75 Å². The van der Waals surface area contributed by atoms with Crippen molar-refractivity contribution < 1.29 is 24.2 Å². The summed E-state index contributed by atoms with van der Waals surface area (Å²) < 4.78 is 10.3. The number of hydrogen-bond acceptors (Lipinski definition) is 4. The van der Waals surface area contributed by atoms with Crippen LogP contribution in [0.1, 0.15) is 43.5 Å². The quantitative estimate of drug-likeness (QED) is 0.428. The summed E-state index contributed by atoms with van der Waals surface area (Å²) in [6, 6.07) is 6.28. The van der Waals surface area contributed by atoms with E-state index in [2.05, 4.69) is 6.58 Å². The van der Waals surface area contributed by atoms with Gasteiger partial charge in [-0.3, -0.25) is 0 Å². The molecular weight excluding hydrogens is 284 g/mol. The predicted molar refractivity (Wildman–Crippen MR) is 85.3 cm³/mol. The monoisotopic (exact) mass is 308 g/mol. The van der Waals surface area contributed by atoms with Gasteiger partial charge >= 0.3 is 11.9 Å². The predicted octanol–water partition coefficient (Wildman–Crippen LogP) is 3.69. The van der Waals surface area contributed by atoms with E-state index in [0.29, 0.717) is 19.0 Å². The van der Waals surface area contributed by atoms with Crippen molar-refractivity contribution in [3.63, 3.8) is 0 Å². The molecule has 1 N–H and O–H groups in total. The summed E-state index contributed by atoms with van der Waals surface area (Å²) in [6.45, 7) is 8.24. The van der Waals surface area contributed by atoms with Crippen LogP contribution < -0.4 is 4.74 Å². The smallest absolute Gasteiger partial charge is 0.335 e. The SMILES string of the molecule is C=CC(=O)OCCCCCOc1ccc(C(=O)O)cc1.CC. The molecule has 0 fully saturated rings. The van der Waals surface area contributed by atoms with E-state index in [9.17, 15) is 9.59 Å². The fraction of sp³-hybridized carbons (Fsp3) is 0.412. The zero-order chi connectivity index (χ0) is 16.8. The van der Waals surface area contributed by atoms with E-state index in [1.165, 1.54) is 12.1 Å². The number of ether oxygens (including phenoxy) is 2. The number of carbonyl (C=O) groups excluding carboxylic acids is 1. The first-order valence-electron chi connectivity index (χ1n) is 7.39. The van der Waals surface area contributed by atoms with Crippen molar-refractivity contribution in [3.05, 3.63) is 42.5 Å². The number of carboxylic acid groups (broad SMARTS) is 1. The molecule has 22 heavy (non-hydrogen) atoms. The van der Waals surface area contributed by atoms with Gasteiger partial charge in [0.2, 0.25) is 0 Å². The van der Waals surface area contributed by atoms with Crippen molar-refractivity contribution in [3.8, 4) is 5.75 Å². The number of aromatic carboxylic acids is 1. The van der Waals surface area contributed by atoms with E-state index < -0.39 is 11.9 Å². The maximum absolute atomic E-state index is 10.8. The Kier molecular flexibility index (Phi) is 11.1. The van der Waals surface area contributed by atoms with Gasteiger partial charge in [0.15, 0.2) is 0 Å². The molecule has 0 aliphatic rings. The third kappa shape index (κ3) is 8.79. The molecule has 0 aliphatic heterocycles. The van der Waals surface area contributed by atoms with Crippen molar-refractivity contribution in [2.45, 2.75) is 33.1 Å². The average molecular weight is 308 g/mol. The van der Waals surface area contributed by atoms with E-state index in [-0.39, 0.29) is 5.56 Å². The van der Waals surface area contributed by atoms with Gasteiger partial charge in [-0.15, -0.1) is 0 Å². The summed E-state index contributed by atoms with van der Waals surface area (Å²) in [5.74, 6) is -0.710. The topological polar surface area (TPSA) is 72.8 Å². The molecule has 5 nitrogen and oxygen atoms in total. The molecule has 0 bridgehead atoms. The third-order valence-electron chi connectivity index (χ3n) is 2.57. The van der Waals surface area contributed by atoms with Gasteiger partial charge in [0.25, 0.3) is 0 Å². The lowest BCUT2D eigenvalue weighted by Crippen LogP contribution is -2.03. The molecule has 0 aliphatic carbocycles. The molecular formula is C17H24O5. The highest BCUT2D eigenvalue weighted by molar-refractivity contribution is 5.87. The van der Waals surface area contributed by atoms with Crippen LogP contribution in [0.3, 0.4) is 0 Å². The molecule has 5 heteroatoms. The molecule has 0 saturated carbocycles. The maximum Gasteiger partial charge on any atom is 0.335 e. The Bertz CT molecular complexity index is 451. The summed E-state index contributed by atoms with van der Waals surface area (Å²) in [4.78, 5) is 21.4. The number of carbonyl (C=O) groups is 2. The van der Waals surface area contributed by atoms with Crippen LogP contribution in [0.2, 0.25) is 0 Å². The highest BCUT2D eigenvalue weighted by atomic mass is 16.5. The molecule has 1 rings (SSSR count). The minimum Gasteiger partial charge on any atom is -0.494 e. The van der Waals surface area contributed by atoms with Crippen molar-refractivity contribution >= 4 is 11.9 Å². The van der Waals surface area contributed by atoms with Gasteiger partial charge in [-0.2, -0.15) is 0 Å². The molecule has 0 atom stereocenters. The Hall–Kier alpha value is -2.30. The highest BCUT2D eigenvalue weighted by Crippen LogP contribution is 2.12. The molecule has 1 aromatic carbocycles. The second-order valence-corrected chi connectivity index (χ2v) is 4.11. The van der Waals surface area contributed by atoms with Gasteiger partial charge in [-0.25, -0.2) is 9.59 Å². The van der Waals surface area contributed by atoms with E-state index in [4.69, 9.17) is 14.6 Å². The number of benzene rings is 1. The first-order chi connectivity index (χ1) is 10.6. The van der Waals surface area contributed by atoms with Crippen molar-refractivity contribution in [2.24, 2.45) is 0 Å². The van der Waals surface area contributed by atoms with Gasteiger partial charge < -0.3 is 14.6 Å². The van der Waals surface area contributed by atoms with Crippen molar-refractivity contribution in [1.82, 2.24) is 0 Å². The number of hydrogen-bond donors (Lipinski definition) is 1. The fourth-order valence-electron chi connectivity index (χ4n) is 1.50. The Labute approximate surface area is 131 Å². The Morgan fingerprint density at radius 2 is 1.68 bits per heavy atom. The minimum absolute atomic E-state index is 0.237. The van der Waals surface area contributed by atoms with Crippen LogP contribution in [0.25, 0.3) is 0 Å². The lowest BCUT2D eigenvalue weighted by molar-refractivity contribution is -0.137. The summed E-state index contributed by atoms with van der Waals surface area (Å²) in [6.07, 6.45) is 3.65. The number of rotatable bonds is 9. The molecule has 0 unspecified atom stereocenters. The van der Waals surface area contributed by atoms with E-state index >= 15 is 0 Å². The van der Waals surface area contributed by atoms with E-state index in [0.717, 1.165) is 25.3 Å². The van der Waals surface area contributed by atoms with Crippen LogP contribution in [0.15, 0.2) is 36.9 Å². The first-order valence-corrected chi connectivity index (χ1v) is 7.39. The maximum atomic E-state index is 10.8. The van der Waals surface area contributed by atoms with Crippen LogP contribution in [-0.4, -0.2) is 30.3 Å². The van der Waals surface area contributed by atoms with Gasteiger partial charge in [-0.1, -0.05) is 20.4 Å². The minimum atomic E-state index is -0.953. The number of carboxylic acids is 1. The van der Waals surface area contributed by atoms with Gasteiger partial charge in [-0.05, 0) is 43.5 Å². The first kappa shape index (κ1) is 19.7. The molecule has 0 amide bonds. The lowest BCUT2D eigenvalue weighted by atomic mass is 10.2. The van der Waals surface area contributed by atoms with Gasteiger partial charge in [0, 0.05) is 6.08 Å². The van der Waals surface area contributed by atoms with E-state index in [1.807, 2.05) is 13.8 Å². The van der Waals surface area contributed by atoms with Crippen LogP contribution in [0, 0.1) is 0 Å². The Morgan fingerprint density at radius 3 is 2.23 bits per heavy atom. The Morgan fingerprint density at radius 1 is 1.09 bits per heavy atom. The standard InChI is InChI=1S/C15H18O5.C2H6/c1-2-14(16)20-11-5-3-4-10-19-13-8-6-12(7-9-13)15(17)18;1-2/h2,6-9H,1,3-5,10-11H2,(H,17,18);1-2H3. The average Bonchev–Trinajstić information content (AvgIpc) is 2.56. The summed E-state index contributed by atoms with van der Waals surface area (Å²) in [5.41, 5.74) is 0.237. The molecule has 0 spiro atoms. The Balaban J connectivity index is 0.00000211. The van der Waals surface area contributed by atoms with Crippen molar-refractivity contribution in [1.29, 1.82) is 0 Å². The van der Waals surface area contributed by atoms with Crippen LogP contribution in [-0.2, 0) is 9.53 Å². The second-order valence-electron chi connectivity index (χ2n) is 4.11. The molecule has 0 saturated heterocycles. The summed E-state index contributed by atoms with van der Waals surface area (Å²) in [7, 11) is 0. The van der Waals surface area contributed by atoms with Crippen LogP contribution in [0.4, 0.5) is 0 Å². The van der Waals surface area contributed by atoms with Crippen molar-refractivity contribution in [2.75, 3.05) is 13.2 Å². The molecule has 122 valence electrons. The number of esters is 1. The highest BCUT2D eigenvalue weighted by Gasteiger charge is 2.02. The fourth-order valence-corrected chi connectivity index (χ4v) is 1.50. The largest absolute Gasteiger partial charge is 0.494 e. The molecule has 0 heterocycles. The third-order valence-corrected chi connectivity index (χ3v) is 2.57. The normalized spacial score (nSPS) is 9.18. The van der Waals surface area contributed by atoms with Crippen LogP contribution in [0.5, 0.6) is 5.75 Å². The van der Waals surface area contributed by atoms with Gasteiger partial charge in [0.05, 0.1) is 18.8 Å².